The fourth-order valence-electron chi connectivity index (χ4n) is 3.08. The maximum atomic E-state index is 12.0. The van der Waals surface area contributed by atoms with Crippen LogP contribution in [0.4, 0.5) is 0 Å². The lowest BCUT2D eigenvalue weighted by molar-refractivity contribution is -0.188. The molecule has 1 aromatic heterocycles. The van der Waals surface area contributed by atoms with Gasteiger partial charge in [-0.05, 0) is 32.0 Å². The maximum absolute atomic E-state index is 12.0. The number of hydrogen-bond donors (Lipinski definition) is 0. The molecule has 3 rings (SSSR count). The lowest BCUT2D eigenvalue weighted by atomic mass is 9.87. The molecule has 1 aliphatic heterocycles. The van der Waals surface area contributed by atoms with Crippen molar-refractivity contribution in [2.75, 3.05) is 0 Å². The van der Waals surface area contributed by atoms with Crippen LogP contribution >= 0.6 is 0 Å². The summed E-state index contributed by atoms with van der Waals surface area (Å²) < 4.78 is 22.4. The Balaban J connectivity index is 2.26. The molecule has 1 aliphatic rings. The molecule has 1 aromatic carbocycles. The Hall–Kier alpha value is -2.83. The van der Waals surface area contributed by atoms with E-state index in [9.17, 15) is 14.4 Å². The lowest BCUT2D eigenvalue weighted by Gasteiger charge is -2.43. The van der Waals surface area contributed by atoms with Gasteiger partial charge in [0.2, 0.25) is 0 Å². The first kappa shape index (κ1) is 18.0. The molecule has 0 amide bonds. The van der Waals surface area contributed by atoms with Crippen LogP contribution in [0.25, 0.3) is 11.0 Å². The average Bonchev–Trinajstić information content (AvgIpc) is 2.56. The smallest absolute Gasteiger partial charge is 0.336 e. The predicted octanol–water partition coefficient (Wildman–Crippen LogP) is 2.89. The summed E-state index contributed by atoms with van der Waals surface area (Å²) in [7, 11) is 0. The van der Waals surface area contributed by atoms with Gasteiger partial charge < -0.3 is 18.6 Å². The van der Waals surface area contributed by atoms with Crippen LogP contribution in [0.2, 0.25) is 0 Å². The fraction of sp³-hybridized carbons (Fsp3) is 0.421. The molecule has 0 saturated heterocycles. The van der Waals surface area contributed by atoms with Gasteiger partial charge in [0, 0.05) is 24.8 Å². The third-order valence-corrected chi connectivity index (χ3v) is 4.25. The summed E-state index contributed by atoms with van der Waals surface area (Å²) in [5.41, 5.74) is -0.871. The molecule has 0 bridgehead atoms. The molecule has 0 radical (unpaired) electrons. The molecule has 138 valence electrons. The first-order valence-corrected chi connectivity index (χ1v) is 8.35. The normalized spacial score (nSPS) is 20.8. The topological polar surface area (TPSA) is 92.0 Å². The van der Waals surface area contributed by atoms with Gasteiger partial charge in [0.05, 0.1) is 5.56 Å². The number of fused-ring (bicyclic) bond motifs is 3. The van der Waals surface area contributed by atoms with Gasteiger partial charge in [-0.3, -0.25) is 9.59 Å². The zero-order valence-electron chi connectivity index (χ0n) is 15.0. The summed E-state index contributed by atoms with van der Waals surface area (Å²) in [6, 6.07) is 6.38. The fourth-order valence-corrected chi connectivity index (χ4v) is 3.08. The number of ether oxygens (including phenoxy) is 3. The zero-order valence-corrected chi connectivity index (χ0v) is 15.0. The molecule has 0 fully saturated rings. The molecule has 2 atom stereocenters. The highest BCUT2D eigenvalue weighted by Crippen LogP contribution is 2.46. The molecule has 2 aromatic rings. The van der Waals surface area contributed by atoms with Gasteiger partial charge in [-0.2, -0.15) is 0 Å². The summed E-state index contributed by atoms with van der Waals surface area (Å²) in [6.07, 6.45) is -1.72. The van der Waals surface area contributed by atoms with E-state index in [0.717, 1.165) is 0 Å². The second kappa shape index (κ2) is 6.48. The number of rotatable bonds is 3. The van der Waals surface area contributed by atoms with Gasteiger partial charge >= 0.3 is 17.6 Å². The summed E-state index contributed by atoms with van der Waals surface area (Å²) >= 11 is 0. The van der Waals surface area contributed by atoms with E-state index < -0.39 is 35.4 Å². The molecule has 2 heterocycles. The van der Waals surface area contributed by atoms with Crippen LogP contribution in [0.5, 0.6) is 5.75 Å². The van der Waals surface area contributed by atoms with Gasteiger partial charge in [-0.25, -0.2) is 4.79 Å². The molecule has 7 heteroatoms. The third kappa shape index (κ3) is 3.16. The van der Waals surface area contributed by atoms with Crippen LogP contribution in [0.15, 0.2) is 33.5 Å². The zero-order chi connectivity index (χ0) is 19.1. The number of carbonyl (C=O) groups is 2. The van der Waals surface area contributed by atoms with Crippen molar-refractivity contribution in [2.24, 2.45) is 0 Å². The Morgan fingerprint density at radius 3 is 2.50 bits per heavy atom. The van der Waals surface area contributed by atoms with E-state index in [0.29, 0.717) is 16.7 Å². The number of carbonyl (C=O) groups excluding carboxylic acids is 2. The van der Waals surface area contributed by atoms with Crippen LogP contribution in [-0.4, -0.2) is 23.6 Å². The Labute approximate surface area is 149 Å². The SMILES string of the molecule is CCC(=O)O[C@@H]1c2c(ccc3ccc(=O)oc23)OC(C)(C)[C@@H]1OC(C)=O. The summed E-state index contributed by atoms with van der Waals surface area (Å²) in [4.78, 5) is 35.4. The number of hydrogen-bond acceptors (Lipinski definition) is 7. The highest BCUT2D eigenvalue weighted by molar-refractivity contribution is 5.83. The molecule has 7 nitrogen and oxygen atoms in total. The average molecular weight is 360 g/mol. The summed E-state index contributed by atoms with van der Waals surface area (Å²) in [6.45, 7) is 6.41. The van der Waals surface area contributed by atoms with E-state index in [-0.39, 0.29) is 12.0 Å². The van der Waals surface area contributed by atoms with Crippen molar-refractivity contribution in [1.29, 1.82) is 0 Å². The monoisotopic (exact) mass is 360 g/mol. The molecule has 0 saturated carbocycles. The van der Waals surface area contributed by atoms with E-state index in [1.807, 2.05) is 0 Å². The Morgan fingerprint density at radius 2 is 1.85 bits per heavy atom. The van der Waals surface area contributed by atoms with Crippen LogP contribution in [0, 0.1) is 0 Å². The standard InChI is InChI=1S/C19H20O7/c1-5-13(21)24-17-15-12(26-19(3,4)18(17)23-10(2)20)8-6-11-7-9-14(22)25-16(11)15/h6-9,17-18H,5H2,1-4H3/t17-,18-/m1/s1. The quantitative estimate of drug-likeness (QED) is 0.614. The van der Waals surface area contributed by atoms with Crippen molar-refractivity contribution >= 4 is 22.9 Å². The van der Waals surface area contributed by atoms with E-state index in [1.54, 1.807) is 39.0 Å². The minimum atomic E-state index is -0.959. The Bertz CT molecular complexity index is 925. The molecule has 26 heavy (non-hydrogen) atoms. The largest absolute Gasteiger partial charge is 0.483 e. The first-order valence-electron chi connectivity index (χ1n) is 8.35. The first-order chi connectivity index (χ1) is 12.2. The van der Waals surface area contributed by atoms with Crippen LogP contribution in [0.1, 0.15) is 45.8 Å². The van der Waals surface area contributed by atoms with Crippen molar-refractivity contribution < 1.29 is 28.2 Å². The van der Waals surface area contributed by atoms with E-state index in [2.05, 4.69) is 0 Å². The Morgan fingerprint density at radius 1 is 1.15 bits per heavy atom. The molecule has 0 N–H and O–H groups in total. The Kier molecular flexibility index (Phi) is 4.48. The molecule has 0 spiro atoms. The van der Waals surface area contributed by atoms with Gasteiger partial charge in [-0.15, -0.1) is 0 Å². The minimum Gasteiger partial charge on any atom is -0.483 e. The number of esters is 2. The van der Waals surface area contributed by atoms with Crippen LogP contribution in [-0.2, 0) is 19.1 Å². The van der Waals surface area contributed by atoms with Crippen LogP contribution < -0.4 is 10.4 Å². The maximum Gasteiger partial charge on any atom is 0.336 e. The second-order valence-corrected chi connectivity index (χ2v) is 6.65. The van der Waals surface area contributed by atoms with E-state index >= 15 is 0 Å². The van der Waals surface area contributed by atoms with E-state index in [1.165, 1.54) is 13.0 Å². The van der Waals surface area contributed by atoms with Gasteiger partial charge in [-0.1, -0.05) is 6.92 Å². The lowest BCUT2D eigenvalue weighted by Crippen LogP contribution is -2.52. The van der Waals surface area contributed by atoms with Gasteiger partial charge in [0.1, 0.15) is 16.9 Å². The number of benzene rings is 1. The van der Waals surface area contributed by atoms with Crippen molar-refractivity contribution in [3.05, 3.63) is 40.2 Å². The van der Waals surface area contributed by atoms with Crippen LogP contribution in [0.3, 0.4) is 0 Å². The van der Waals surface area contributed by atoms with E-state index in [4.69, 9.17) is 18.6 Å². The molecule has 0 unspecified atom stereocenters. The highest BCUT2D eigenvalue weighted by Gasteiger charge is 2.49. The summed E-state index contributed by atoms with van der Waals surface area (Å²) in [5.74, 6) is -0.588. The van der Waals surface area contributed by atoms with Crippen molar-refractivity contribution in [3.63, 3.8) is 0 Å². The van der Waals surface area contributed by atoms with Crippen molar-refractivity contribution in [2.45, 2.75) is 51.9 Å². The van der Waals surface area contributed by atoms with Crippen molar-refractivity contribution in [3.8, 4) is 5.75 Å². The highest BCUT2D eigenvalue weighted by atomic mass is 16.6. The second-order valence-electron chi connectivity index (χ2n) is 6.65. The molecular formula is C19H20O7. The third-order valence-electron chi connectivity index (χ3n) is 4.25. The van der Waals surface area contributed by atoms with Crippen molar-refractivity contribution in [1.82, 2.24) is 0 Å². The minimum absolute atomic E-state index is 0.147. The molecule has 0 aliphatic carbocycles. The molecular weight excluding hydrogens is 340 g/mol. The van der Waals surface area contributed by atoms with Gasteiger partial charge in [0.25, 0.3) is 0 Å². The summed E-state index contributed by atoms with van der Waals surface area (Å²) in [5, 5.41) is 0.644. The predicted molar refractivity (Wildman–Crippen MR) is 91.9 cm³/mol. The van der Waals surface area contributed by atoms with Gasteiger partial charge in [0.15, 0.2) is 12.2 Å².